The molecule has 0 saturated carbocycles. The molecular weight excluding hydrogens is 324 g/mol. The van der Waals surface area contributed by atoms with Crippen LogP contribution in [0.25, 0.3) is 0 Å². The molecule has 0 heterocycles. The lowest BCUT2D eigenvalue weighted by Crippen LogP contribution is -2.17. The van der Waals surface area contributed by atoms with E-state index in [9.17, 15) is 13.2 Å². The summed E-state index contributed by atoms with van der Waals surface area (Å²) < 4.78 is 27.4. The number of sulfonamides is 1. The van der Waals surface area contributed by atoms with Crippen molar-refractivity contribution in [3.8, 4) is 0 Å². The number of allylic oxidation sites excluding steroid dienone is 1. The van der Waals surface area contributed by atoms with Crippen molar-refractivity contribution in [1.82, 2.24) is 0 Å². The fourth-order valence-corrected chi connectivity index (χ4v) is 3.21. The van der Waals surface area contributed by atoms with E-state index in [0.29, 0.717) is 16.9 Å². The molecule has 0 radical (unpaired) electrons. The molecule has 2 rings (SSSR count). The molecule has 0 saturated heterocycles. The largest absolute Gasteiger partial charge is 0.320 e. The van der Waals surface area contributed by atoms with Gasteiger partial charge in [0, 0.05) is 5.57 Å². The lowest BCUT2D eigenvalue weighted by molar-refractivity contribution is -0.112. The van der Waals surface area contributed by atoms with Crippen LogP contribution in [0.15, 0.2) is 71.1 Å². The highest BCUT2D eigenvalue weighted by molar-refractivity contribution is 7.92. The molecule has 0 unspecified atom stereocenters. The molecule has 0 bridgehead atoms. The number of para-hydroxylation sites is 2. The van der Waals surface area contributed by atoms with Crippen LogP contribution in [-0.2, 0) is 14.8 Å². The second kappa shape index (κ2) is 7.79. The minimum Gasteiger partial charge on any atom is -0.320 e. The Morgan fingerprint density at radius 1 is 1.00 bits per heavy atom. The first-order valence-electron chi connectivity index (χ1n) is 7.59. The van der Waals surface area contributed by atoms with E-state index < -0.39 is 10.0 Å². The molecule has 5 nitrogen and oxygen atoms in total. The normalized spacial score (nSPS) is 11.8. The van der Waals surface area contributed by atoms with E-state index in [4.69, 9.17) is 0 Å². The summed E-state index contributed by atoms with van der Waals surface area (Å²) in [6, 6.07) is 14.8. The standard InChI is InChI=1S/C18H20N2O3S/c1-3-9-14(2)18(21)19-16-12-7-8-13-17(16)20-24(22,23)15-10-5-4-6-11-15/h4-13,20H,3H2,1-2H3,(H,19,21)/b14-9-. The molecule has 126 valence electrons. The van der Waals surface area contributed by atoms with Crippen molar-refractivity contribution in [3.05, 3.63) is 66.2 Å². The van der Waals surface area contributed by atoms with Crippen molar-refractivity contribution in [2.24, 2.45) is 0 Å². The van der Waals surface area contributed by atoms with Crippen molar-refractivity contribution in [1.29, 1.82) is 0 Å². The second-order valence-electron chi connectivity index (χ2n) is 5.21. The summed E-state index contributed by atoms with van der Waals surface area (Å²) in [5.74, 6) is -0.261. The maximum absolute atomic E-state index is 12.4. The quantitative estimate of drug-likeness (QED) is 0.783. The number of carbonyl (C=O) groups excluding carboxylic acids is 1. The first-order chi connectivity index (χ1) is 11.4. The molecular formula is C18H20N2O3S. The molecule has 0 atom stereocenters. The minimum atomic E-state index is -3.72. The first-order valence-corrected chi connectivity index (χ1v) is 9.07. The molecule has 24 heavy (non-hydrogen) atoms. The van der Waals surface area contributed by atoms with Gasteiger partial charge in [0.05, 0.1) is 16.3 Å². The fourth-order valence-electron chi connectivity index (χ4n) is 2.10. The van der Waals surface area contributed by atoms with Crippen molar-refractivity contribution in [2.75, 3.05) is 10.0 Å². The Morgan fingerprint density at radius 3 is 2.21 bits per heavy atom. The van der Waals surface area contributed by atoms with E-state index in [1.165, 1.54) is 12.1 Å². The highest BCUT2D eigenvalue weighted by Gasteiger charge is 2.16. The Balaban J connectivity index is 2.27. The van der Waals surface area contributed by atoms with Gasteiger partial charge in [-0.1, -0.05) is 43.3 Å². The van der Waals surface area contributed by atoms with Gasteiger partial charge in [-0.3, -0.25) is 9.52 Å². The molecule has 6 heteroatoms. The van der Waals surface area contributed by atoms with Gasteiger partial charge >= 0.3 is 0 Å². The Morgan fingerprint density at radius 2 is 1.58 bits per heavy atom. The lowest BCUT2D eigenvalue weighted by atomic mass is 10.2. The van der Waals surface area contributed by atoms with E-state index >= 15 is 0 Å². The van der Waals surface area contributed by atoms with E-state index in [-0.39, 0.29) is 10.8 Å². The SMILES string of the molecule is CC/C=C(/C)C(=O)Nc1ccccc1NS(=O)(=O)c1ccccc1. The van der Waals surface area contributed by atoms with E-state index in [1.807, 2.05) is 13.0 Å². The van der Waals surface area contributed by atoms with Gasteiger partial charge in [-0.25, -0.2) is 8.42 Å². The van der Waals surface area contributed by atoms with Crippen LogP contribution in [0.2, 0.25) is 0 Å². The Hall–Kier alpha value is -2.60. The zero-order chi connectivity index (χ0) is 17.6. The molecule has 2 N–H and O–H groups in total. The maximum Gasteiger partial charge on any atom is 0.261 e. The van der Waals surface area contributed by atoms with Gasteiger partial charge < -0.3 is 5.32 Å². The smallest absolute Gasteiger partial charge is 0.261 e. The van der Waals surface area contributed by atoms with Crippen LogP contribution in [-0.4, -0.2) is 14.3 Å². The predicted molar refractivity (Wildman–Crippen MR) is 96.4 cm³/mol. The highest BCUT2D eigenvalue weighted by Crippen LogP contribution is 2.24. The lowest BCUT2D eigenvalue weighted by Gasteiger charge is -2.13. The Kier molecular flexibility index (Phi) is 5.76. The third kappa shape index (κ3) is 4.45. The molecule has 0 aliphatic carbocycles. The van der Waals surface area contributed by atoms with Crippen molar-refractivity contribution in [2.45, 2.75) is 25.2 Å². The topological polar surface area (TPSA) is 75.3 Å². The second-order valence-corrected chi connectivity index (χ2v) is 6.90. The van der Waals surface area contributed by atoms with Crippen LogP contribution < -0.4 is 10.0 Å². The zero-order valence-electron chi connectivity index (χ0n) is 13.6. The summed E-state index contributed by atoms with van der Waals surface area (Å²) in [5, 5.41) is 2.73. The Bertz CT molecular complexity index is 844. The molecule has 2 aromatic rings. The van der Waals surface area contributed by atoms with Crippen molar-refractivity contribution < 1.29 is 13.2 Å². The number of hydrogen-bond donors (Lipinski definition) is 2. The van der Waals surface area contributed by atoms with Gasteiger partial charge in [-0.2, -0.15) is 0 Å². The highest BCUT2D eigenvalue weighted by atomic mass is 32.2. The van der Waals surface area contributed by atoms with Crippen LogP contribution in [0.3, 0.4) is 0 Å². The third-order valence-electron chi connectivity index (χ3n) is 3.34. The molecule has 0 aliphatic heterocycles. The number of rotatable bonds is 6. The van der Waals surface area contributed by atoms with Crippen LogP contribution in [0.1, 0.15) is 20.3 Å². The van der Waals surface area contributed by atoms with E-state index in [2.05, 4.69) is 10.0 Å². The average Bonchev–Trinajstić information content (AvgIpc) is 2.57. The summed E-state index contributed by atoms with van der Waals surface area (Å²) in [4.78, 5) is 12.3. The number of nitrogens with one attached hydrogen (secondary N) is 2. The molecule has 0 aromatic heterocycles. The molecule has 2 aromatic carbocycles. The van der Waals surface area contributed by atoms with Gasteiger partial charge in [0.2, 0.25) is 0 Å². The predicted octanol–water partition coefficient (Wildman–Crippen LogP) is 3.78. The van der Waals surface area contributed by atoms with Crippen LogP contribution in [0, 0.1) is 0 Å². The first kappa shape index (κ1) is 17.7. The molecule has 0 fully saturated rings. The summed E-state index contributed by atoms with van der Waals surface area (Å²) in [6.45, 7) is 3.66. The number of anilines is 2. The van der Waals surface area contributed by atoms with Gasteiger partial charge in [0.1, 0.15) is 0 Å². The van der Waals surface area contributed by atoms with Crippen LogP contribution in [0.5, 0.6) is 0 Å². The van der Waals surface area contributed by atoms with Gasteiger partial charge in [-0.15, -0.1) is 0 Å². The van der Waals surface area contributed by atoms with Gasteiger partial charge in [0.15, 0.2) is 0 Å². The average molecular weight is 344 g/mol. The van der Waals surface area contributed by atoms with Crippen LogP contribution >= 0.6 is 0 Å². The molecule has 1 amide bonds. The summed E-state index contributed by atoms with van der Waals surface area (Å²) in [5.41, 5.74) is 1.31. The van der Waals surface area contributed by atoms with Gasteiger partial charge in [0.25, 0.3) is 15.9 Å². The van der Waals surface area contributed by atoms with Crippen LogP contribution in [0.4, 0.5) is 11.4 Å². The number of carbonyl (C=O) groups is 1. The summed E-state index contributed by atoms with van der Waals surface area (Å²) in [7, 11) is -3.72. The van der Waals surface area contributed by atoms with E-state index in [1.54, 1.807) is 49.4 Å². The van der Waals surface area contributed by atoms with Crippen molar-refractivity contribution >= 4 is 27.3 Å². The number of hydrogen-bond acceptors (Lipinski definition) is 3. The zero-order valence-corrected chi connectivity index (χ0v) is 14.4. The fraction of sp³-hybridized carbons (Fsp3) is 0.167. The monoisotopic (exact) mass is 344 g/mol. The minimum absolute atomic E-state index is 0.160. The number of amides is 1. The van der Waals surface area contributed by atoms with E-state index in [0.717, 1.165) is 6.42 Å². The Labute approximate surface area is 142 Å². The van der Waals surface area contributed by atoms with Crippen molar-refractivity contribution in [3.63, 3.8) is 0 Å². The van der Waals surface area contributed by atoms with Gasteiger partial charge in [-0.05, 0) is 37.6 Å². The molecule has 0 spiro atoms. The summed E-state index contributed by atoms with van der Waals surface area (Å²) in [6.07, 6.45) is 2.56. The maximum atomic E-state index is 12.4. The summed E-state index contributed by atoms with van der Waals surface area (Å²) >= 11 is 0. The third-order valence-corrected chi connectivity index (χ3v) is 4.72. The number of benzene rings is 2. The molecule has 0 aliphatic rings.